The maximum absolute atomic E-state index is 13.3. The summed E-state index contributed by atoms with van der Waals surface area (Å²) in [6.45, 7) is 1.96. The number of hydrogen-bond donors (Lipinski definition) is 1. The molecule has 26 heavy (non-hydrogen) atoms. The summed E-state index contributed by atoms with van der Waals surface area (Å²) in [5.41, 5.74) is 1.14. The Kier molecular flexibility index (Phi) is 4.28. The largest absolute Gasteiger partial charge is 0.348 e. The molecule has 0 aliphatic carbocycles. The fourth-order valence-corrected chi connectivity index (χ4v) is 5.00. The molecule has 0 bridgehead atoms. The Labute approximate surface area is 153 Å². The molecule has 0 radical (unpaired) electrons. The number of aromatic nitrogens is 1. The highest BCUT2D eigenvalue weighted by Crippen LogP contribution is 2.33. The van der Waals surface area contributed by atoms with Gasteiger partial charge in [0.2, 0.25) is 0 Å². The van der Waals surface area contributed by atoms with Crippen molar-refractivity contribution in [3.05, 3.63) is 48.0 Å². The van der Waals surface area contributed by atoms with Crippen molar-refractivity contribution in [3.63, 3.8) is 0 Å². The summed E-state index contributed by atoms with van der Waals surface area (Å²) in [5.74, 6) is -2.30. The lowest BCUT2D eigenvalue weighted by Gasteiger charge is -2.11. The summed E-state index contributed by atoms with van der Waals surface area (Å²) in [4.78, 5) is 6.47. The van der Waals surface area contributed by atoms with Crippen molar-refractivity contribution < 1.29 is 17.2 Å². The first kappa shape index (κ1) is 17.2. The molecule has 3 aromatic rings. The average molecular weight is 395 g/mol. The Morgan fingerprint density at radius 2 is 1.81 bits per heavy atom. The Morgan fingerprint density at radius 3 is 2.54 bits per heavy atom. The maximum atomic E-state index is 13.3. The Bertz CT molecular complexity index is 1080. The molecule has 1 aromatic heterocycles. The zero-order valence-electron chi connectivity index (χ0n) is 13.6. The van der Waals surface area contributed by atoms with Crippen molar-refractivity contribution in [2.24, 2.45) is 0 Å². The summed E-state index contributed by atoms with van der Waals surface area (Å²) in [7, 11) is -4.01. The fourth-order valence-electron chi connectivity index (χ4n) is 2.88. The minimum absolute atomic E-state index is 0.335. The number of nitrogens with one attached hydrogen (secondary N) is 1. The van der Waals surface area contributed by atoms with E-state index in [4.69, 9.17) is 0 Å². The molecular weight excluding hydrogens is 380 g/mol. The van der Waals surface area contributed by atoms with Crippen LogP contribution in [0.25, 0.3) is 10.2 Å². The lowest BCUT2D eigenvalue weighted by molar-refractivity contribution is 0.504. The van der Waals surface area contributed by atoms with Crippen LogP contribution in [0.2, 0.25) is 0 Å². The number of sulfonamides is 1. The highest BCUT2D eigenvalue weighted by atomic mass is 32.2. The zero-order chi connectivity index (χ0) is 18.3. The Balaban J connectivity index is 1.62. The van der Waals surface area contributed by atoms with E-state index in [1.54, 1.807) is 18.2 Å². The smallest absolute Gasteiger partial charge is 0.261 e. The summed E-state index contributed by atoms with van der Waals surface area (Å²) >= 11 is 1.51. The predicted octanol–water partition coefficient (Wildman–Crippen LogP) is 3.98. The number of halogens is 2. The molecule has 0 spiro atoms. The van der Waals surface area contributed by atoms with Gasteiger partial charge in [0, 0.05) is 13.1 Å². The number of thiazole rings is 1. The molecule has 2 aromatic carbocycles. The van der Waals surface area contributed by atoms with Crippen LogP contribution in [0, 0.1) is 11.6 Å². The van der Waals surface area contributed by atoms with E-state index in [1.165, 1.54) is 11.3 Å². The van der Waals surface area contributed by atoms with Crippen LogP contribution in [0.1, 0.15) is 12.8 Å². The van der Waals surface area contributed by atoms with Gasteiger partial charge in [-0.3, -0.25) is 4.72 Å². The lowest BCUT2D eigenvalue weighted by Crippen LogP contribution is -2.16. The molecule has 1 aliphatic rings. The Hall–Kier alpha value is -2.26. The van der Waals surface area contributed by atoms with Gasteiger partial charge in [-0.05, 0) is 49.2 Å². The monoisotopic (exact) mass is 395 g/mol. The van der Waals surface area contributed by atoms with Crippen LogP contribution in [0.5, 0.6) is 0 Å². The quantitative estimate of drug-likeness (QED) is 0.726. The molecule has 136 valence electrons. The number of hydrogen-bond acceptors (Lipinski definition) is 5. The number of anilines is 2. The number of fused-ring (bicyclic) bond motifs is 1. The van der Waals surface area contributed by atoms with E-state index in [9.17, 15) is 17.2 Å². The van der Waals surface area contributed by atoms with Crippen LogP contribution in [-0.4, -0.2) is 26.5 Å². The maximum Gasteiger partial charge on any atom is 0.261 e. The molecule has 1 N–H and O–H groups in total. The minimum Gasteiger partial charge on any atom is -0.348 e. The molecule has 2 heterocycles. The van der Waals surface area contributed by atoms with Crippen molar-refractivity contribution in [1.29, 1.82) is 0 Å². The molecular formula is C17H15F2N3O2S2. The number of rotatable bonds is 4. The van der Waals surface area contributed by atoms with E-state index in [0.29, 0.717) is 11.8 Å². The third-order valence-electron chi connectivity index (χ3n) is 4.21. The summed E-state index contributed by atoms with van der Waals surface area (Å²) < 4.78 is 54.4. The van der Waals surface area contributed by atoms with Crippen LogP contribution in [0.3, 0.4) is 0 Å². The van der Waals surface area contributed by atoms with Crippen molar-refractivity contribution in [2.75, 3.05) is 22.7 Å². The van der Waals surface area contributed by atoms with Gasteiger partial charge in [0.05, 0.1) is 20.8 Å². The SMILES string of the molecule is O=S(=O)(Nc1ccc2nc(N3CCCC3)sc2c1)c1ccc(F)c(F)c1. The van der Waals surface area contributed by atoms with Gasteiger partial charge in [-0.1, -0.05) is 11.3 Å². The van der Waals surface area contributed by atoms with Crippen molar-refractivity contribution in [3.8, 4) is 0 Å². The fraction of sp³-hybridized carbons (Fsp3) is 0.235. The minimum atomic E-state index is -4.01. The molecule has 1 saturated heterocycles. The number of benzene rings is 2. The van der Waals surface area contributed by atoms with E-state index < -0.39 is 21.7 Å². The van der Waals surface area contributed by atoms with Crippen LogP contribution < -0.4 is 9.62 Å². The van der Waals surface area contributed by atoms with Crippen LogP contribution in [0.15, 0.2) is 41.3 Å². The van der Waals surface area contributed by atoms with Crippen molar-refractivity contribution in [1.82, 2.24) is 4.98 Å². The topological polar surface area (TPSA) is 62.3 Å². The first-order chi connectivity index (χ1) is 12.4. The first-order valence-electron chi connectivity index (χ1n) is 8.06. The highest BCUT2D eigenvalue weighted by molar-refractivity contribution is 7.92. The van der Waals surface area contributed by atoms with E-state index in [2.05, 4.69) is 14.6 Å². The lowest BCUT2D eigenvalue weighted by atomic mass is 10.3. The molecule has 0 amide bonds. The second-order valence-electron chi connectivity index (χ2n) is 6.05. The molecule has 1 aliphatic heterocycles. The molecule has 4 rings (SSSR count). The third kappa shape index (κ3) is 3.24. The molecule has 5 nitrogen and oxygen atoms in total. The van der Waals surface area contributed by atoms with Gasteiger partial charge in [0.1, 0.15) is 0 Å². The number of nitrogens with zero attached hydrogens (tertiary/aromatic N) is 2. The normalized spacial score (nSPS) is 14.9. The van der Waals surface area contributed by atoms with Crippen LogP contribution in [-0.2, 0) is 10.0 Å². The van der Waals surface area contributed by atoms with Gasteiger partial charge >= 0.3 is 0 Å². The van der Waals surface area contributed by atoms with E-state index in [-0.39, 0.29) is 4.90 Å². The van der Waals surface area contributed by atoms with Crippen LogP contribution >= 0.6 is 11.3 Å². The van der Waals surface area contributed by atoms with Gasteiger partial charge in [0.25, 0.3) is 10.0 Å². The van der Waals surface area contributed by atoms with Gasteiger partial charge in [0.15, 0.2) is 16.8 Å². The van der Waals surface area contributed by atoms with Gasteiger partial charge in [-0.15, -0.1) is 0 Å². The summed E-state index contributed by atoms with van der Waals surface area (Å²) in [5, 5.41) is 0.929. The summed E-state index contributed by atoms with van der Waals surface area (Å²) in [6, 6.07) is 7.52. The second kappa shape index (κ2) is 6.48. The zero-order valence-corrected chi connectivity index (χ0v) is 15.2. The third-order valence-corrected chi connectivity index (χ3v) is 6.67. The van der Waals surface area contributed by atoms with Crippen molar-refractivity contribution >= 4 is 42.4 Å². The van der Waals surface area contributed by atoms with Crippen molar-refractivity contribution in [2.45, 2.75) is 17.7 Å². The van der Waals surface area contributed by atoms with Gasteiger partial charge in [-0.2, -0.15) is 0 Å². The Morgan fingerprint density at radius 1 is 1.04 bits per heavy atom. The van der Waals surface area contributed by atoms with Gasteiger partial charge < -0.3 is 4.90 Å². The molecule has 0 saturated carbocycles. The molecule has 1 fully saturated rings. The predicted molar refractivity (Wildman–Crippen MR) is 98.2 cm³/mol. The highest BCUT2D eigenvalue weighted by Gasteiger charge is 2.19. The molecule has 9 heteroatoms. The van der Waals surface area contributed by atoms with E-state index >= 15 is 0 Å². The standard InChI is InChI=1S/C17H15F2N3O2S2/c18-13-5-4-12(10-14(13)19)26(23,24)21-11-3-6-15-16(9-11)25-17(20-15)22-7-1-2-8-22/h3-6,9-10,21H,1-2,7-8H2. The second-order valence-corrected chi connectivity index (χ2v) is 8.75. The van der Waals surface area contributed by atoms with Gasteiger partial charge in [-0.25, -0.2) is 22.2 Å². The van der Waals surface area contributed by atoms with E-state index in [1.807, 2.05) is 0 Å². The van der Waals surface area contributed by atoms with Crippen LogP contribution in [0.4, 0.5) is 19.6 Å². The summed E-state index contributed by atoms with van der Waals surface area (Å²) in [6.07, 6.45) is 2.30. The average Bonchev–Trinajstić information content (AvgIpc) is 3.25. The molecule has 0 unspecified atom stereocenters. The van der Waals surface area contributed by atoms with E-state index in [0.717, 1.165) is 53.4 Å². The first-order valence-corrected chi connectivity index (χ1v) is 10.4. The molecule has 0 atom stereocenters.